The molecule has 0 amide bonds. The van der Waals surface area contributed by atoms with E-state index in [2.05, 4.69) is 6.58 Å². The molecular weight excluding hydrogens is 66.0 g/mol. The van der Waals surface area contributed by atoms with Crippen molar-refractivity contribution in [1.29, 1.82) is 0 Å². The third-order valence-corrected chi connectivity index (χ3v) is 0.129. The maximum Gasteiger partial charge on any atom is 0.0609 e. The number of hydrogen-bond donors (Lipinski definition) is 2. The van der Waals surface area contributed by atoms with Gasteiger partial charge in [-0.05, 0) is 0 Å². The van der Waals surface area contributed by atoms with Gasteiger partial charge in [0.05, 0.1) is 6.61 Å². The monoisotopic (exact) mass is 75.1 g/mol. The molecule has 0 aliphatic rings. The number of hydrogen-bond acceptors (Lipinski definition) is 2. The largest absolute Gasteiger partial charge is 0.392 e. The van der Waals surface area contributed by atoms with Crippen LogP contribution in [0.2, 0.25) is 0 Å². The summed E-state index contributed by atoms with van der Waals surface area (Å²) in [5, 5.41) is 7.76. The predicted molar refractivity (Wildman–Crippen MR) is 22.3 cm³/mol. The van der Waals surface area contributed by atoms with Crippen LogP contribution in [0.1, 0.15) is 0 Å². The van der Waals surface area contributed by atoms with Crippen LogP contribution in [-0.2, 0) is 0 Å². The third-order valence-electron chi connectivity index (χ3n) is 0.129. The second kappa shape index (κ2) is 9.40. The molecule has 32 valence electrons. The Balaban J connectivity index is 0. The standard InChI is InChI=1S/C3H6O.H3N/c1-2-3-4;/h2,4H,1,3H2;1H3. The molecule has 0 saturated carbocycles. The minimum absolute atomic E-state index is 0. The Morgan fingerprint density at radius 3 is 2.00 bits per heavy atom. The number of aliphatic hydroxyl groups is 1. The average molecular weight is 75.1 g/mol. The van der Waals surface area contributed by atoms with Gasteiger partial charge in [0.2, 0.25) is 0 Å². The summed E-state index contributed by atoms with van der Waals surface area (Å²) in [5.41, 5.74) is 0. The molecule has 0 rings (SSSR count). The minimum Gasteiger partial charge on any atom is -0.392 e. The highest BCUT2D eigenvalue weighted by Gasteiger charge is 1.45. The van der Waals surface area contributed by atoms with Crippen molar-refractivity contribution in [2.24, 2.45) is 0 Å². The molecule has 0 saturated heterocycles. The molecule has 4 N–H and O–H groups in total. The molecular formula is C3H9NO. The van der Waals surface area contributed by atoms with Crippen molar-refractivity contribution in [3.8, 4) is 0 Å². The van der Waals surface area contributed by atoms with Gasteiger partial charge in [0.25, 0.3) is 0 Å². The summed E-state index contributed by atoms with van der Waals surface area (Å²) in [6, 6.07) is 0. The zero-order valence-corrected chi connectivity index (χ0v) is 3.15. The molecule has 0 aliphatic carbocycles. The van der Waals surface area contributed by atoms with Crippen LogP contribution in [0.3, 0.4) is 0 Å². The summed E-state index contributed by atoms with van der Waals surface area (Å²) in [4.78, 5) is 0. The summed E-state index contributed by atoms with van der Waals surface area (Å²) in [5.74, 6) is 0. The van der Waals surface area contributed by atoms with E-state index in [1.165, 1.54) is 6.08 Å². The highest BCUT2D eigenvalue weighted by atomic mass is 16.2. The molecule has 0 fully saturated rings. The molecule has 0 aromatic rings. The van der Waals surface area contributed by atoms with Gasteiger partial charge in [-0.1, -0.05) is 6.08 Å². The maximum atomic E-state index is 7.76. The normalized spacial score (nSPS) is 5.00. The van der Waals surface area contributed by atoms with Gasteiger partial charge in [-0.2, -0.15) is 0 Å². The van der Waals surface area contributed by atoms with Gasteiger partial charge in [-0.25, -0.2) is 0 Å². The van der Waals surface area contributed by atoms with Crippen molar-refractivity contribution >= 4 is 0 Å². The lowest BCUT2D eigenvalue weighted by Gasteiger charge is -1.60. The van der Waals surface area contributed by atoms with Crippen LogP contribution >= 0.6 is 0 Å². The molecule has 0 aromatic heterocycles. The van der Waals surface area contributed by atoms with Gasteiger partial charge in [0.15, 0.2) is 0 Å². The van der Waals surface area contributed by atoms with E-state index in [0.29, 0.717) is 0 Å². The van der Waals surface area contributed by atoms with E-state index in [0.717, 1.165) is 0 Å². The fraction of sp³-hybridized carbons (Fsp3) is 0.333. The smallest absolute Gasteiger partial charge is 0.0609 e. The van der Waals surface area contributed by atoms with E-state index in [-0.39, 0.29) is 12.8 Å². The van der Waals surface area contributed by atoms with Crippen molar-refractivity contribution in [1.82, 2.24) is 6.15 Å². The molecule has 0 aromatic carbocycles. The highest BCUT2D eigenvalue weighted by Crippen LogP contribution is 1.46. The fourth-order valence-electron chi connectivity index (χ4n) is 0. The lowest BCUT2D eigenvalue weighted by Crippen LogP contribution is -1.62. The molecule has 2 nitrogen and oxygen atoms in total. The molecule has 0 unspecified atom stereocenters. The van der Waals surface area contributed by atoms with Crippen molar-refractivity contribution in [2.45, 2.75) is 0 Å². The maximum absolute atomic E-state index is 7.76. The summed E-state index contributed by atoms with van der Waals surface area (Å²) in [6.45, 7) is 3.31. The number of aliphatic hydroxyl groups excluding tert-OH is 1. The van der Waals surface area contributed by atoms with E-state index in [1.54, 1.807) is 0 Å². The van der Waals surface area contributed by atoms with E-state index in [4.69, 9.17) is 5.11 Å². The molecule has 0 aliphatic heterocycles. The van der Waals surface area contributed by atoms with Crippen molar-refractivity contribution in [3.63, 3.8) is 0 Å². The van der Waals surface area contributed by atoms with Crippen molar-refractivity contribution in [2.75, 3.05) is 6.61 Å². The second-order valence-corrected chi connectivity index (χ2v) is 0.471. The lowest BCUT2D eigenvalue weighted by atomic mass is 10.7. The van der Waals surface area contributed by atoms with Crippen molar-refractivity contribution < 1.29 is 5.11 Å². The van der Waals surface area contributed by atoms with Gasteiger partial charge in [0.1, 0.15) is 0 Å². The summed E-state index contributed by atoms with van der Waals surface area (Å²) in [7, 11) is 0. The topological polar surface area (TPSA) is 55.2 Å². The Hall–Kier alpha value is -0.340. The Morgan fingerprint density at radius 1 is 1.80 bits per heavy atom. The SMILES string of the molecule is C=CCO.N. The van der Waals surface area contributed by atoms with Crippen LogP contribution in [0.15, 0.2) is 12.7 Å². The lowest BCUT2D eigenvalue weighted by molar-refractivity contribution is 0.343. The summed E-state index contributed by atoms with van der Waals surface area (Å²) in [6.07, 6.45) is 1.43. The van der Waals surface area contributed by atoms with E-state index < -0.39 is 0 Å². The van der Waals surface area contributed by atoms with Gasteiger partial charge in [0, 0.05) is 0 Å². The molecule has 0 spiro atoms. The average Bonchev–Trinajstić information content (AvgIpc) is 1.37. The first-order valence-corrected chi connectivity index (χ1v) is 1.13. The van der Waals surface area contributed by atoms with E-state index in [9.17, 15) is 0 Å². The summed E-state index contributed by atoms with van der Waals surface area (Å²) >= 11 is 0. The molecule has 0 bridgehead atoms. The third kappa shape index (κ3) is 23.2. The quantitative estimate of drug-likeness (QED) is 0.441. The highest BCUT2D eigenvalue weighted by molar-refractivity contribution is 4.60. The first-order valence-electron chi connectivity index (χ1n) is 1.13. The predicted octanol–water partition coefficient (Wildman–Crippen LogP) is 0.327. The second-order valence-electron chi connectivity index (χ2n) is 0.471. The Kier molecular flexibility index (Phi) is 16.6. The zero-order valence-electron chi connectivity index (χ0n) is 3.15. The van der Waals surface area contributed by atoms with Crippen LogP contribution in [0, 0.1) is 0 Å². The van der Waals surface area contributed by atoms with Gasteiger partial charge < -0.3 is 11.3 Å². The van der Waals surface area contributed by atoms with Crippen LogP contribution in [0.5, 0.6) is 0 Å². The molecule has 0 heterocycles. The van der Waals surface area contributed by atoms with Crippen LogP contribution in [-0.4, -0.2) is 11.7 Å². The van der Waals surface area contributed by atoms with E-state index in [1.807, 2.05) is 0 Å². The van der Waals surface area contributed by atoms with Gasteiger partial charge in [-0.15, -0.1) is 6.58 Å². The Morgan fingerprint density at radius 2 is 2.00 bits per heavy atom. The fourth-order valence-corrected chi connectivity index (χ4v) is 0. The molecule has 2 heteroatoms. The Labute approximate surface area is 31.7 Å². The summed E-state index contributed by atoms with van der Waals surface area (Å²) < 4.78 is 0. The van der Waals surface area contributed by atoms with Crippen LogP contribution < -0.4 is 6.15 Å². The zero-order chi connectivity index (χ0) is 3.41. The molecule has 0 radical (unpaired) electrons. The van der Waals surface area contributed by atoms with E-state index >= 15 is 0 Å². The van der Waals surface area contributed by atoms with Crippen LogP contribution in [0.25, 0.3) is 0 Å². The molecule has 0 atom stereocenters. The van der Waals surface area contributed by atoms with Crippen LogP contribution in [0.4, 0.5) is 0 Å². The van der Waals surface area contributed by atoms with Crippen molar-refractivity contribution in [3.05, 3.63) is 12.7 Å². The Bertz CT molecular complexity index is 20.9. The minimum atomic E-state index is 0. The number of rotatable bonds is 1. The first-order chi connectivity index (χ1) is 1.91. The van der Waals surface area contributed by atoms with Gasteiger partial charge >= 0.3 is 0 Å². The molecule has 5 heavy (non-hydrogen) atoms. The first kappa shape index (κ1) is 8.82. The van der Waals surface area contributed by atoms with Gasteiger partial charge in [-0.3, -0.25) is 0 Å².